The normalized spacial score (nSPS) is 23.9. The Bertz CT molecular complexity index is 2350. The fraction of sp³-hybridized carbons (Fsp3) is 0.513. The third-order valence-corrected chi connectivity index (χ3v) is 12.0. The molecular formula is C39H35F11N6O4. The van der Waals surface area contributed by atoms with Crippen molar-refractivity contribution in [2.45, 2.75) is 86.9 Å². The number of terminal acetylenes is 1. The zero-order chi connectivity index (χ0) is 43.2. The Morgan fingerprint density at radius 2 is 1.72 bits per heavy atom. The number of hydrogen-bond donors (Lipinski definition) is 2. The summed E-state index contributed by atoms with van der Waals surface area (Å²) in [5.74, 6) is 0.217. The van der Waals surface area contributed by atoms with Crippen molar-refractivity contribution in [3.63, 3.8) is 0 Å². The second-order valence-electron chi connectivity index (χ2n) is 15.3. The lowest BCUT2D eigenvalue weighted by Gasteiger charge is -2.47. The number of aromatic hydroxyl groups is 1. The molecule has 0 bridgehead atoms. The van der Waals surface area contributed by atoms with E-state index in [0.717, 1.165) is 6.07 Å². The highest BCUT2D eigenvalue weighted by Gasteiger charge is 2.86. The summed E-state index contributed by atoms with van der Waals surface area (Å²) < 4.78 is 172. The highest BCUT2D eigenvalue weighted by atomic mass is 19.4. The predicted octanol–water partition coefficient (Wildman–Crippen LogP) is 7.58. The number of benzene rings is 2. The molecule has 21 heteroatoms. The van der Waals surface area contributed by atoms with Gasteiger partial charge in [0.25, 0.3) is 0 Å². The fourth-order valence-electron chi connectivity index (χ4n) is 9.14. The lowest BCUT2D eigenvalue weighted by atomic mass is 9.85. The average molecular weight is 861 g/mol. The standard InChI is InChI=1S/C39H35F11N6O4/c1-3-22-24(40)7-6-19-14-20(57)15-23(27(19)22)30-29(41)31-28-32(56-13-11-51-25(4-2)26(56)17-58-33(28)52-30)54-34(53-31)59-18-35-9-5-12-55(35)16-21(8-10-35)60-36(37(42,43)44,38(45,46)47)39(48,49)50/h1,6-7,14-15,21,25-26,51,57H,4-5,8-13,16-18H2,2H3/t21-,25+,26-,35+/m1/s1. The molecule has 2 aromatic heterocycles. The minimum absolute atomic E-state index is 0.0514. The maximum Gasteiger partial charge on any atom is 0.435 e. The van der Waals surface area contributed by atoms with Crippen molar-refractivity contribution in [2.75, 3.05) is 44.3 Å². The summed E-state index contributed by atoms with van der Waals surface area (Å²) in [4.78, 5) is 17.0. The Labute approximate surface area is 334 Å². The maximum atomic E-state index is 17.2. The van der Waals surface area contributed by atoms with Crippen molar-refractivity contribution < 1.29 is 67.6 Å². The number of phenolic OH excluding ortho intramolecular Hbond substituents is 1. The summed E-state index contributed by atoms with van der Waals surface area (Å²) in [5.41, 5.74) is -8.57. The summed E-state index contributed by atoms with van der Waals surface area (Å²) in [7, 11) is 0. The lowest BCUT2D eigenvalue weighted by molar-refractivity contribution is -0.465. The largest absolute Gasteiger partial charge is 0.508 e. The van der Waals surface area contributed by atoms with Crippen molar-refractivity contribution in [3.05, 3.63) is 41.5 Å². The average Bonchev–Trinajstić information content (AvgIpc) is 3.53. The van der Waals surface area contributed by atoms with E-state index < -0.39 is 66.1 Å². The van der Waals surface area contributed by atoms with Crippen LogP contribution in [0, 0.1) is 24.0 Å². The first kappa shape index (κ1) is 41.8. The molecule has 2 N–H and O–H groups in total. The number of nitrogens with zero attached hydrogens (tertiary/aromatic N) is 5. The van der Waals surface area contributed by atoms with Crippen LogP contribution in [0.25, 0.3) is 32.9 Å². The van der Waals surface area contributed by atoms with E-state index in [0.29, 0.717) is 32.4 Å². The van der Waals surface area contributed by atoms with Gasteiger partial charge in [0, 0.05) is 36.6 Å². The number of piperazine rings is 1. The highest BCUT2D eigenvalue weighted by molar-refractivity contribution is 6.04. The van der Waals surface area contributed by atoms with E-state index in [4.69, 9.17) is 15.9 Å². The predicted molar refractivity (Wildman–Crippen MR) is 193 cm³/mol. The quantitative estimate of drug-likeness (QED) is 0.143. The minimum Gasteiger partial charge on any atom is -0.508 e. The molecule has 8 rings (SSSR count). The Balaban J connectivity index is 1.19. The van der Waals surface area contributed by atoms with E-state index in [1.54, 1.807) is 0 Å². The SMILES string of the molecule is C#Cc1c(F)ccc2cc(O)cc(-c3nc4c5c(nc(OC[C@@]67CCCN6C[C@H](OC(C(F)(F)F)(C(F)(F)F)C(F)(F)F)CC7)nc5c3F)N3CCN[C@@H](CC)[C@H]3CO4)c12. The van der Waals surface area contributed by atoms with E-state index in [1.165, 1.54) is 23.1 Å². The van der Waals surface area contributed by atoms with E-state index in [9.17, 15) is 44.6 Å². The van der Waals surface area contributed by atoms with Crippen molar-refractivity contribution >= 4 is 27.5 Å². The van der Waals surface area contributed by atoms with Crippen molar-refractivity contribution in [3.8, 4) is 41.2 Å². The number of pyridine rings is 1. The molecule has 6 heterocycles. The molecule has 10 nitrogen and oxygen atoms in total. The van der Waals surface area contributed by atoms with Gasteiger partial charge in [-0.15, -0.1) is 6.42 Å². The summed E-state index contributed by atoms with van der Waals surface area (Å²) in [6, 6.07) is 4.06. The second-order valence-corrected chi connectivity index (χ2v) is 15.3. The second kappa shape index (κ2) is 14.6. The minimum atomic E-state index is -6.87. The van der Waals surface area contributed by atoms with Gasteiger partial charge in [0.2, 0.25) is 5.88 Å². The summed E-state index contributed by atoms with van der Waals surface area (Å²) >= 11 is 0. The number of halogens is 11. The van der Waals surface area contributed by atoms with Crippen LogP contribution in [0.5, 0.6) is 17.6 Å². The van der Waals surface area contributed by atoms with Crippen LogP contribution in [-0.2, 0) is 4.74 Å². The highest BCUT2D eigenvalue weighted by Crippen LogP contribution is 2.56. The van der Waals surface area contributed by atoms with Crippen molar-refractivity contribution in [1.29, 1.82) is 0 Å². The van der Waals surface area contributed by atoms with Crippen LogP contribution in [0.4, 0.5) is 54.1 Å². The van der Waals surface area contributed by atoms with Gasteiger partial charge in [0.05, 0.1) is 23.2 Å². The van der Waals surface area contributed by atoms with E-state index in [1.807, 2.05) is 11.8 Å². The summed E-state index contributed by atoms with van der Waals surface area (Å²) in [5, 5.41) is 14.5. The smallest absolute Gasteiger partial charge is 0.435 e. The Morgan fingerprint density at radius 1 is 0.983 bits per heavy atom. The van der Waals surface area contributed by atoms with Crippen LogP contribution < -0.4 is 19.7 Å². The van der Waals surface area contributed by atoms with E-state index >= 15 is 8.78 Å². The number of hydrogen-bond acceptors (Lipinski definition) is 10. The molecule has 0 amide bonds. The van der Waals surface area contributed by atoms with Crippen molar-refractivity contribution in [2.24, 2.45) is 0 Å². The topological polar surface area (TPSA) is 105 Å². The third kappa shape index (κ3) is 6.56. The molecule has 60 heavy (non-hydrogen) atoms. The van der Waals surface area contributed by atoms with Gasteiger partial charge in [-0.1, -0.05) is 18.9 Å². The number of aromatic nitrogens is 3. The Hall–Kier alpha value is -4.94. The summed E-state index contributed by atoms with van der Waals surface area (Å²) in [6.45, 7) is 1.92. The zero-order valence-corrected chi connectivity index (χ0v) is 31.5. The number of nitrogens with one attached hydrogen (secondary N) is 1. The number of anilines is 1. The molecule has 4 aliphatic heterocycles. The van der Waals surface area contributed by atoms with Crippen LogP contribution in [0.15, 0.2) is 24.3 Å². The lowest BCUT2D eigenvalue weighted by Crippen LogP contribution is -2.70. The molecule has 4 atom stereocenters. The van der Waals surface area contributed by atoms with E-state index in [-0.39, 0.29) is 94.5 Å². The van der Waals surface area contributed by atoms with Crippen LogP contribution in [0.2, 0.25) is 0 Å². The third-order valence-electron chi connectivity index (χ3n) is 12.0. The van der Waals surface area contributed by atoms with Crippen LogP contribution in [0.1, 0.15) is 44.6 Å². The van der Waals surface area contributed by atoms with Crippen molar-refractivity contribution in [1.82, 2.24) is 25.2 Å². The molecule has 0 unspecified atom stereocenters. The van der Waals surface area contributed by atoms with Crippen LogP contribution in [-0.4, -0.2) is 112 Å². The molecule has 3 saturated heterocycles. The van der Waals surface area contributed by atoms with E-state index in [2.05, 4.69) is 30.9 Å². The maximum absolute atomic E-state index is 17.2. The first-order chi connectivity index (χ1) is 28.2. The zero-order valence-electron chi connectivity index (χ0n) is 31.5. The van der Waals surface area contributed by atoms with Gasteiger partial charge in [-0.3, -0.25) is 4.90 Å². The molecule has 3 fully saturated rings. The van der Waals surface area contributed by atoms with Gasteiger partial charge in [-0.2, -0.15) is 49.5 Å². The van der Waals surface area contributed by atoms with Crippen LogP contribution in [0.3, 0.4) is 0 Å². The van der Waals surface area contributed by atoms with Gasteiger partial charge in [-0.25, -0.2) is 13.8 Å². The Morgan fingerprint density at radius 3 is 2.40 bits per heavy atom. The molecule has 2 aromatic carbocycles. The number of fused-ring (bicyclic) bond motifs is 4. The van der Waals surface area contributed by atoms with Gasteiger partial charge in [0.15, 0.2) is 5.82 Å². The monoisotopic (exact) mass is 860 g/mol. The number of ether oxygens (including phenoxy) is 3. The molecule has 4 aliphatic rings. The molecule has 4 aromatic rings. The van der Waals surface area contributed by atoms with Gasteiger partial charge < -0.3 is 29.5 Å². The molecular weight excluding hydrogens is 825 g/mol. The molecule has 322 valence electrons. The first-order valence-corrected chi connectivity index (χ1v) is 19.0. The van der Waals surface area contributed by atoms with Gasteiger partial charge >= 0.3 is 30.1 Å². The Kier molecular flexibility index (Phi) is 10.2. The number of piperidine rings is 1. The molecule has 0 spiro atoms. The fourth-order valence-corrected chi connectivity index (χ4v) is 9.14. The van der Waals surface area contributed by atoms with Crippen LogP contribution >= 0.6 is 0 Å². The molecule has 0 radical (unpaired) electrons. The number of phenols is 1. The number of rotatable bonds is 7. The van der Waals surface area contributed by atoms with Gasteiger partial charge in [0.1, 0.15) is 47.2 Å². The first-order valence-electron chi connectivity index (χ1n) is 19.0. The molecule has 0 saturated carbocycles. The summed E-state index contributed by atoms with van der Waals surface area (Å²) in [6.07, 6.45) is -16.6. The number of alkyl halides is 9. The molecule has 0 aliphatic carbocycles. The van der Waals surface area contributed by atoms with Gasteiger partial charge in [-0.05, 0) is 62.2 Å².